The van der Waals surface area contributed by atoms with Gasteiger partial charge in [-0.3, -0.25) is 0 Å². The fraction of sp³-hybridized carbons (Fsp3) is 0.107. The van der Waals surface area contributed by atoms with Gasteiger partial charge in [0.15, 0.2) is 18.1 Å². The van der Waals surface area contributed by atoms with Crippen LogP contribution in [-0.2, 0) is 4.79 Å². The van der Waals surface area contributed by atoms with Gasteiger partial charge in [-0.1, -0.05) is 60.7 Å². The van der Waals surface area contributed by atoms with E-state index in [-0.39, 0.29) is 6.61 Å². The number of carbonyl (C=O) groups excluding carboxylic acids is 1. The number of benzene rings is 4. The fourth-order valence-corrected chi connectivity index (χ4v) is 3.42. The Bertz CT molecular complexity index is 1270. The molecule has 0 atom stereocenters. The number of ether oxygens (including phenoxy) is 4. The Morgan fingerprint density at radius 3 is 2.30 bits per heavy atom. The van der Waals surface area contributed by atoms with E-state index in [1.165, 1.54) is 10.8 Å². The smallest absolute Gasteiger partial charge is 0.349 e. The predicted molar refractivity (Wildman–Crippen MR) is 130 cm³/mol. The van der Waals surface area contributed by atoms with Crippen LogP contribution < -0.4 is 18.9 Å². The van der Waals surface area contributed by atoms with E-state index in [2.05, 4.69) is 30.3 Å². The molecule has 166 valence electrons. The topological polar surface area (TPSA) is 54.0 Å². The zero-order valence-corrected chi connectivity index (χ0v) is 18.5. The summed E-state index contributed by atoms with van der Waals surface area (Å²) in [4.78, 5) is 12.3. The lowest BCUT2D eigenvalue weighted by molar-refractivity contribution is -0.136. The lowest BCUT2D eigenvalue weighted by Crippen LogP contribution is -2.18. The van der Waals surface area contributed by atoms with Crippen molar-refractivity contribution in [3.63, 3.8) is 0 Å². The SMILES string of the molecule is COc1ccc(OCC(=O)Oc2ccc(/C=C/c3cccc4ccccc34)cc2OC)cc1. The zero-order chi connectivity index (χ0) is 23.0. The molecule has 0 fully saturated rings. The average molecular weight is 440 g/mol. The second-order valence-corrected chi connectivity index (χ2v) is 7.25. The van der Waals surface area contributed by atoms with Crippen LogP contribution in [0.5, 0.6) is 23.0 Å². The predicted octanol–water partition coefficient (Wildman–Crippen LogP) is 6.01. The summed E-state index contributed by atoms with van der Waals surface area (Å²) >= 11 is 0. The summed E-state index contributed by atoms with van der Waals surface area (Å²) in [5, 5.41) is 2.38. The first-order valence-electron chi connectivity index (χ1n) is 10.5. The molecule has 4 aromatic rings. The minimum Gasteiger partial charge on any atom is -0.497 e. The minimum atomic E-state index is -0.525. The summed E-state index contributed by atoms with van der Waals surface area (Å²) in [5.74, 6) is 1.54. The molecule has 4 aromatic carbocycles. The number of rotatable bonds is 8. The highest BCUT2D eigenvalue weighted by Crippen LogP contribution is 2.29. The summed E-state index contributed by atoms with van der Waals surface area (Å²) < 4.78 is 21.5. The van der Waals surface area contributed by atoms with Crippen LogP contribution in [0, 0.1) is 0 Å². The molecule has 0 aliphatic carbocycles. The molecule has 33 heavy (non-hydrogen) atoms. The average Bonchev–Trinajstić information content (AvgIpc) is 2.87. The van der Waals surface area contributed by atoms with Crippen molar-refractivity contribution in [2.24, 2.45) is 0 Å². The summed E-state index contributed by atoms with van der Waals surface area (Å²) in [6.07, 6.45) is 4.06. The lowest BCUT2D eigenvalue weighted by Gasteiger charge is -2.11. The van der Waals surface area contributed by atoms with Crippen LogP contribution in [0.25, 0.3) is 22.9 Å². The van der Waals surface area contributed by atoms with Gasteiger partial charge in [0.05, 0.1) is 14.2 Å². The third kappa shape index (κ3) is 5.52. The number of hydrogen-bond donors (Lipinski definition) is 0. The first kappa shape index (κ1) is 22.0. The molecule has 0 heterocycles. The molecule has 0 unspecified atom stereocenters. The van der Waals surface area contributed by atoms with Gasteiger partial charge in [-0.15, -0.1) is 0 Å². The molecule has 4 rings (SSSR count). The van der Waals surface area contributed by atoms with E-state index >= 15 is 0 Å². The van der Waals surface area contributed by atoms with E-state index in [0.717, 1.165) is 11.1 Å². The van der Waals surface area contributed by atoms with Crippen molar-refractivity contribution in [1.82, 2.24) is 0 Å². The van der Waals surface area contributed by atoms with Crippen LogP contribution in [0.4, 0.5) is 0 Å². The maximum Gasteiger partial charge on any atom is 0.349 e. The summed E-state index contributed by atoms with van der Waals surface area (Å²) in [5.41, 5.74) is 2.05. The number of hydrogen-bond acceptors (Lipinski definition) is 5. The normalized spacial score (nSPS) is 10.8. The van der Waals surface area contributed by atoms with Crippen molar-refractivity contribution in [2.75, 3.05) is 20.8 Å². The number of carbonyl (C=O) groups is 1. The Hall–Kier alpha value is -4.25. The summed E-state index contributed by atoms with van der Waals surface area (Å²) in [6, 6.07) is 26.9. The van der Waals surface area contributed by atoms with Crippen LogP contribution in [0.2, 0.25) is 0 Å². The molecule has 0 saturated heterocycles. The zero-order valence-electron chi connectivity index (χ0n) is 18.5. The molecule has 5 nitrogen and oxygen atoms in total. The molecule has 0 spiro atoms. The molecular weight excluding hydrogens is 416 g/mol. The molecule has 0 radical (unpaired) electrons. The molecule has 0 bridgehead atoms. The van der Waals surface area contributed by atoms with E-state index < -0.39 is 5.97 Å². The van der Waals surface area contributed by atoms with Crippen molar-refractivity contribution in [2.45, 2.75) is 0 Å². The van der Waals surface area contributed by atoms with Crippen LogP contribution in [0.1, 0.15) is 11.1 Å². The van der Waals surface area contributed by atoms with Crippen LogP contribution in [-0.4, -0.2) is 26.8 Å². The molecular formula is C28H24O5. The molecule has 0 amide bonds. The first-order valence-corrected chi connectivity index (χ1v) is 10.5. The Kier molecular flexibility index (Phi) is 6.90. The molecule has 0 aliphatic rings. The first-order chi connectivity index (χ1) is 16.2. The van der Waals surface area contributed by atoms with Gasteiger partial charge in [-0.25, -0.2) is 4.79 Å². The molecule has 0 aliphatic heterocycles. The largest absolute Gasteiger partial charge is 0.497 e. The standard InChI is InChI=1S/C28H24O5/c1-30-23-13-15-24(16-14-23)32-19-28(29)33-26-17-11-20(18-27(26)31-2)10-12-22-8-5-7-21-6-3-4-9-25(21)22/h3-18H,19H2,1-2H3/b12-10+. The number of esters is 1. The third-order valence-electron chi connectivity index (χ3n) is 5.11. The van der Waals surface area contributed by atoms with Crippen molar-refractivity contribution in [1.29, 1.82) is 0 Å². The van der Waals surface area contributed by atoms with Gasteiger partial charge in [0, 0.05) is 0 Å². The molecule has 0 N–H and O–H groups in total. The van der Waals surface area contributed by atoms with E-state index in [0.29, 0.717) is 23.0 Å². The van der Waals surface area contributed by atoms with E-state index in [1.54, 1.807) is 44.6 Å². The third-order valence-corrected chi connectivity index (χ3v) is 5.11. The maximum atomic E-state index is 12.3. The van der Waals surface area contributed by atoms with Gasteiger partial charge in [0.1, 0.15) is 11.5 Å². The van der Waals surface area contributed by atoms with Gasteiger partial charge in [0.25, 0.3) is 0 Å². The van der Waals surface area contributed by atoms with Gasteiger partial charge in [-0.2, -0.15) is 0 Å². The summed E-state index contributed by atoms with van der Waals surface area (Å²) in [7, 11) is 3.13. The Morgan fingerprint density at radius 1 is 0.758 bits per heavy atom. The van der Waals surface area contributed by atoms with Crippen molar-refractivity contribution in [3.05, 3.63) is 96.1 Å². The van der Waals surface area contributed by atoms with Crippen LogP contribution >= 0.6 is 0 Å². The van der Waals surface area contributed by atoms with E-state index in [4.69, 9.17) is 18.9 Å². The number of fused-ring (bicyclic) bond motifs is 1. The highest BCUT2D eigenvalue weighted by atomic mass is 16.6. The quantitative estimate of drug-likeness (QED) is 0.191. The highest BCUT2D eigenvalue weighted by Gasteiger charge is 2.11. The van der Waals surface area contributed by atoms with Gasteiger partial charge >= 0.3 is 5.97 Å². The van der Waals surface area contributed by atoms with Crippen LogP contribution in [0.3, 0.4) is 0 Å². The van der Waals surface area contributed by atoms with Gasteiger partial charge < -0.3 is 18.9 Å². The van der Waals surface area contributed by atoms with Crippen molar-refractivity contribution < 1.29 is 23.7 Å². The van der Waals surface area contributed by atoms with Crippen LogP contribution in [0.15, 0.2) is 84.9 Å². The summed E-state index contributed by atoms with van der Waals surface area (Å²) in [6.45, 7) is -0.224. The monoisotopic (exact) mass is 440 g/mol. The Morgan fingerprint density at radius 2 is 1.52 bits per heavy atom. The molecule has 0 saturated carbocycles. The van der Waals surface area contributed by atoms with Gasteiger partial charge in [-0.05, 0) is 58.3 Å². The second kappa shape index (κ2) is 10.4. The minimum absolute atomic E-state index is 0.224. The maximum absolute atomic E-state index is 12.3. The second-order valence-electron chi connectivity index (χ2n) is 7.25. The Labute approximate surface area is 192 Å². The molecule has 0 aromatic heterocycles. The van der Waals surface area contributed by atoms with Crippen molar-refractivity contribution >= 4 is 28.9 Å². The number of methoxy groups -OCH3 is 2. The highest BCUT2D eigenvalue weighted by molar-refractivity contribution is 5.92. The fourth-order valence-electron chi connectivity index (χ4n) is 3.42. The van der Waals surface area contributed by atoms with Gasteiger partial charge in [0.2, 0.25) is 0 Å². The van der Waals surface area contributed by atoms with Crippen molar-refractivity contribution in [3.8, 4) is 23.0 Å². The molecule has 5 heteroatoms. The Balaban J connectivity index is 1.42. The van der Waals surface area contributed by atoms with E-state index in [1.807, 2.05) is 36.4 Å². The lowest BCUT2D eigenvalue weighted by atomic mass is 10.0. The van der Waals surface area contributed by atoms with E-state index in [9.17, 15) is 4.79 Å².